The topological polar surface area (TPSA) is 42.0 Å². The van der Waals surface area contributed by atoms with Crippen LogP contribution in [0.25, 0.3) is 0 Å². The van der Waals surface area contributed by atoms with E-state index in [4.69, 9.17) is 11.6 Å². The number of carbonyl (C=O) groups is 1. The first-order valence-electron chi connectivity index (χ1n) is 6.41. The van der Waals surface area contributed by atoms with Gasteiger partial charge in [0.2, 0.25) is 0 Å². The fourth-order valence-corrected chi connectivity index (χ4v) is 2.58. The van der Waals surface area contributed by atoms with Gasteiger partial charge in [0.05, 0.1) is 5.56 Å². The van der Waals surface area contributed by atoms with Crippen molar-refractivity contribution in [3.8, 4) is 0 Å². The minimum Gasteiger partial charge on any atom is -0.349 e. The van der Waals surface area contributed by atoms with Crippen LogP contribution in [0.4, 0.5) is 0 Å². The number of halogens is 1. The summed E-state index contributed by atoms with van der Waals surface area (Å²) in [5.74, 6) is -0.0388. The zero-order valence-corrected chi connectivity index (χ0v) is 12.2. The third kappa shape index (κ3) is 3.52. The van der Waals surface area contributed by atoms with Gasteiger partial charge in [0, 0.05) is 22.2 Å². The summed E-state index contributed by atoms with van der Waals surface area (Å²) < 4.78 is 0. The van der Waals surface area contributed by atoms with Crippen LogP contribution in [0.3, 0.4) is 0 Å². The minimum absolute atomic E-state index is 0.0388. The van der Waals surface area contributed by atoms with Crippen molar-refractivity contribution in [3.05, 3.63) is 53.2 Å². The molecule has 1 N–H and O–H groups in total. The highest BCUT2D eigenvalue weighted by molar-refractivity contribution is 7.99. The van der Waals surface area contributed by atoms with Gasteiger partial charge in [0.25, 0.3) is 5.91 Å². The summed E-state index contributed by atoms with van der Waals surface area (Å²) in [6, 6.07) is 11.6. The van der Waals surface area contributed by atoms with Crippen LogP contribution in [0.5, 0.6) is 0 Å². The predicted octanol–water partition coefficient (Wildman–Crippen LogP) is 3.78. The molecule has 1 aliphatic rings. The lowest BCUT2D eigenvalue weighted by Gasteiger charge is -2.04. The van der Waals surface area contributed by atoms with E-state index in [0.717, 1.165) is 27.8 Å². The molecule has 0 unspecified atom stereocenters. The van der Waals surface area contributed by atoms with E-state index in [2.05, 4.69) is 10.3 Å². The van der Waals surface area contributed by atoms with Crippen LogP contribution < -0.4 is 5.32 Å². The maximum absolute atomic E-state index is 11.8. The van der Waals surface area contributed by atoms with Gasteiger partial charge in [-0.05, 0) is 49.2 Å². The van der Waals surface area contributed by atoms with Crippen LogP contribution >= 0.6 is 23.4 Å². The Hall–Kier alpha value is -1.52. The normalized spacial score (nSPS) is 14.1. The van der Waals surface area contributed by atoms with E-state index >= 15 is 0 Å². The van der Waals surface area contributed by atoms with Crippen molar-refractivity contribution < 1.29 is 4.79 Å². The molecule has 0 radical (unpaired) electrons. The lowest BCUT2D eigenvalue weighted by molar-refractivity contribution is 0.0950. The molecule has 1 heterocycles. The van der Waals surface area contributed by atoms with Crippen LogP contribution in [-0.4, -0.2) is 16.9 Å². The fraction of sp³-hybridized carbons (Fsp3) is 0.200. The number of nitrogens with zero attached hydrogens (tertiary/aromatic N) is 1. The van der Waals surface area contributed by atoms with Crippen LogP contribution in [0, 0.1) is 0 Å². The zero-order valence-electron chi connectivity index (χ0n) is 10.7. The smallest absolute Gasteiger partial charge is 0.253 e. The largest absolute Gasteiger partial charge is 0.349 e. The molecule has 1 aliphatic carbocycles. The van der Waals surface area contributed by atoms with Gasteiger partial charge in [0.1, 0.15) is 5.03 Å². The molecule has 3 rings (SSSR count). The van der Waals surface area contributed by atoms with E-state index in [1.807, 2.05) is 36.4 Å². The molecule has 5 heteroatoms. The Morgan fingerprint density at radius 3 is 2.55 bits per heavy atom. The minimum atomic E-state index is -0.0388. The van der Waals surface area contributed by atoms with Gasteiger partial charge in [-0.1, -0.05) is 23.4 Å². The number of benzene rings is 1. The lowest BCUT2D eigenvalue weighted by Crippen LogP contribution is -2.25. The Balaban J connectivity index is 1.66. The quantitative estimate of drug-likeness (QED) is 0.934. The monoisotopic (exact) mass is 304 g/mol. The summed E-state index contributed by atoms with van der Waals surface area (Å²) >= 11 is 7.39. The molecule has 2 aromatic rings. The SMILES string of the molecule is O=C(NC1CC1)c1ccc(Sc2ccc(Cl)cc2)nc1. The molecule has 102 valence electrons. The number of aromatic nitrogens is 1. The molecule has 3 nitrogen and oxygen atoms in total. The maximum atomic E-state index is 11.8. The van der Waals surface area contributed by atoms with Gasteiger partial charge in [-0.3, -0.25) is 4.79 Å². The molecule has 1 fully saturated rings. The Morgan fingerprint density at radius 2 is 1.95 bits per heavy atom. The third-order valence-corrected chi connectivity index (χ3v) is 4.16. The van der Waals surface area contributed by atoms with Crippen LogP contribution in [0.1, 0.15) is 23.2 Å². The van der Waals surface area contributed by atoms with Crippen molar-refractivity contribution in [1.29, 1.82) is 0 Å². The van der Waals surface area contributed by atoms with E-state index in [9.17, 15) is 4.79 Å². The molecule has 1 aromatic heterocycles. The third-order valence-electron chi connectivity index (χ3n) is 2.95. The standard InChI is InChI=1S/C15H13ClN2OS/c16-11-2-6-13(7-3-11)20-14-8-1-10(9-17-14)15(19)18-12-4-5-12/h1-3,6-9,12H,4-5H2,(H,18,19). The van der Waals surface area contributed by atoms with Gasteiger partial charge < -0.3 is 5.32 Å². The molecule has 0 spiro atoms. The predicted molar refractivity (Wildman–Crippen MR) is 80.3 cm³/mol. The number of nitrogens with one attached hydrogen (secondary N) is 1. The average Bonchev–Trinajstić information content (AvgIpc) is 3.26. The van der Waals surface area contributed by atoms with Crippen LogP contribution in [0.2, 0.25) is 5.02 Å². The number of hydrogen-bond acceptors (Lipinski definition) is 3. The average molecular weight is 305 g/mol. The number of hydrogen-bond donors (Lipinski definition) is 1. The van der Waals surface area contributed by atoms with Crippen molar-refractivity contribution >= 4 is 29.3 Å². The molecule has 1 saturated carbocycles. The maximum Gasteiger partial charge on any atom is 0.253 e. The van der Waals surface area contributed by atoms with E-state index in [1.165, 1.54) is 0 Å². The molecule has 1 aromatic carbocycles. The number of amides is 1. The molecule has 0 saturated heterocycles. The number of carbonyl (C=O) groups excluding carboxylic acids is 1. The Bertz CT molecular complexity index is 609. The highest BCUT2D eigenvalue weighted by Crippen LogP contribution is 2.27. The zero-order chi connectivity index (χ0) is 13.9. The van der Waals surface area contributed by atoms with E-state index in [-0.39, 0.29) is 5.91 Å². The first-order chi connectivity index (χ1) is 9.70. The second-order valence-corrected chi connectivity index (χ2v) is 6.22. The summed E-state index contributed by atoms with van der Waals surface area (Å²) in [6.45, 7) is 0. The summed E-state index contributed by atoms with van der Waals surface area (Å²) in [6.07, 6.45) is 3.79. The van der Waals surface area contributed by atoms with Crippen LogP contribution in [-0.2, 0) is 0 Å². The number of pyridine rings is 1. The number of rotatable bonds is 4. The van der Waals surface area contributed by atoms with Gasteiger partial charge in [-0.25, -0.2) is 4.98 Å². The first kappa shape index (κ1) is 13.5. The van der Waals surface area contributed by atoms with Crippen molar-refractivity contribution in [2.24, 2.45) is 0 Å². The van der Waals surface area contributed by atoms with Gasteiger partial charge in [-0.15, -0.1) is 0 Å². The van der Waals surface area contributed by atoms with Crippen molar-refractivity contribution in [3.63, 3.8) is 0 Å². The van der Waals surface area contributed by atoms with Gasteiger partial charge >= 0.3 is 0 Å². The van der Waals surface area contributed by atoms with Gasteiger partial charge in [0.15, 0.2) is 0 Å². The molecule has 0 bridgehead atoms. The first-order valence-corrected chi connectivity index (χ1v) is 7.60. The van der Waals surface area contributed by atoms with Gasteiger partial charge in [-0.2, -0.15) is 0 Å². The molecular formula is C15H13ClN2OS. The summed E-state index contributed by atoms with van der Waals surface area (Å²) in [5, 5.41) is 4.52. The molecule has 20 heavy (non-hydrogen) atoms. The summed E-state index contributed by atoms with van der Waals surface area (Å²) in [7, 11) is 0. The van der Waals surface area contributed by atoms with E-state index < -0.39 is 0 Å². The van der Waals surface area contributed by atoms with Crippen molar-refractivity contribution in [1.82, 2.24) is 10.3 Å². The second-order valence-electron chi connectivity index (χ2n) is 4.69. The van der Waals surface area contributed by atoms with Crippen molar-refractivity contribution in [2.45, 2.75) is 28.8 Å². The van der Waals surface area contributed by atoms with Crippen LogP contribution in [0.15, 0.2) is 52.5 Å². The molecule has 0 aliphatic heterocycles. The second kappa shape index (κ2) is 5.85. The Kier molecular flexibility index (Phi) is 3.94. The summed E-state index contributed by atoms with van der Waals surface area (Å²) in [5.41, 5.74) is 0.609. The molecule has 1 amide bonds. The lowest BCUT2D eigenvalue weighted by atomic mass is 10.3. The van der Waals surface area contributed by atoms with E-state index in [0.29, 0.717) is 11.6 Å². The Morgan fingerprint density at radius 1 is 1.20 bits per heavy atom. The molecular weight excluding hydrogens is 292 g/mol. The summed E-state index contributed by atoms with van der Waals surface area (Å²) in [4.78, 5) is 17.2. The highest BCUT2D eigenvalue weighted by atomic mass is 35.5. The highest BCUT2D eigenvalue weighted by Gasteiger charge is 2.23. The molecule has 0 atom stereocenters. The van der Waals surface area contributed by atoms with Crippen molar-refractivity contribution in [2.75, 3.05) is 0 Å². The van der Waals surface area contributed by atoms with E-state index in [1.54, 1.807) is 18.0 Å². The Labute approximate surface area is 126 Å². The fourth-order valence-electron chi connectivity index (χ4n) is 1.69.